The van der Waals surface area contributed by atoms with Crippen molar-refractivity contribution < 1.29 is 4.79 Å². The van der Waals surface area contributed by atoms with E-state index in [-0.39, 0.29) is 5.78 Å². The summed E-state index contributed by atoms with van der Waals surface area (Å²) in [6.45, 7) is 1.93. The van der Waals surface area contributed by atoms with Gasteiger partial charge >= 0.3 is 0 Å². The number of fused-ring (bicyclic) bond motifs is 3. The Balaban J connectivity index is 2.39. The van der Waals surface area contributed by atoms with Gasteiger partial charge < -0.3 is 0 Å². The third kappa shape index (κ3) is 0.849. The summed E-state index contributed by atoms with van der Waals surface area (Å²) < 4.78 is 0. The Morgan fingerprint density at radius 1 is 1.21 bits per heavy atom. The van der Waals surface area contributed by atoms with Gasteiger partial charge in [-0.25, -0.2) is 4.98 Å². The number of carbonyl (C=O) groups is 1. The maximum Gasteiger partial charge on any atom is 0.213 e. The van der Waals surface area contributed by atoms with Crippen LogP contribution in [0.15, 0.2) is 24.3 Å². The molecule has 0 bridgehead atoms. The zero-order valence-electron chi connectivity index (χ0n) is 7.57. The molecule has 0 N–H and O–H groups in total. The second kappa shape index (κ2) is 2.51. The lowest BCUT2D eigenvalue weighted by Gasteiger charge is -1.94. The van der Waals surface area contributed by atoms with Gasteiger partial charge in [0.25, 0.3) is 0 Å². The van der Waals surface area contributed by atoms with Crippen molar-refractivity contribution in [2.45, 2.75) is 6.92 Å². The van der Waals surface area contributed by atoms with Crippen LogP contribution >= 0.6 is 11.3 Å². The molecule has 0 radical (unpaired) electrons. The molecular weight excluding hydrogens is 194 g/mol. The van der Waals surface area contributed by atoms with Gasteiger partial charge in [-0.3, -0.25) is 4.79 Å². The van der Waals surface area contributed by atoms with Crippen molar-refractivity contribution in [2.75, 3.05) is 0 Å². The summed E-state index contributed by atoms with van der Waals surface area (Å²) in [5, 5.41) is 0.956. The van der Waals surface area contributed by atoms with Crippen molar-refractivity contribution in [1.82, 2.24) is 4.98 Å². The second-order valence-electron chi connectivity index (χ2n) is 3.29. The van der Waals surface area contributed by atoms with Crippen LogP contribution < -0.4 is 0 Å². The molecule has 0 amide bonds. The fourth-order valence-electron chi connectivity index (χ4n) is 1.77. The van der Waals surface area contributed by atoms with Crippen molar-refractivity contribution in [3.63, 3.8) is 0 Å². The van der Waals surface area contributed by atoms with E-state index < -0.39 is 0 Å². The third-order valence-electron chi connectivity index (χ3n) is 2.37. The summed E-state index contributed by atoms with van der Waals surface area (Å²) in [4.78, 5) is 17.1. The Kier molecular flexibility index (Phi) is 1.42. The van der Waals surface area contributed by atoms with Crippen LogP contribution in [0.1, 0.15) is 21.1 Å². The topological polar surface area (TPSA) is 30.0 Å². The van der Waals surface area contributed by atoms with Crippen LogP contribution in [0.5, 0.6) is 0 Å². The van der Waals surface area contributed by atoms with Gasteiger partial charge in [0, 0.05) is 11.1 Å². The zero-order valence-corrected chi connectivity index (χ0v) is 8.39. The predicted molar refractivity (Wildman–Crippen MR) is 55.7 cm³/mol. The van der Waals surface area contributed by atoms with Crippen molar-refractivity contribution in [3.05, 3.63) is 40.5 Å². The lowest BCUT2D eigenvalue weighted by atomic mass is 10.1. The fraction of sp³-hybridized carbons (Fsp3) is 0.0909. The van der Waals surface area contributed by atoms with E-state index in [1.165, 1.54) is 0 Å². The Morgan fingerprint density at radius 2 is 1.93 bits per heavy atom. The van der Waals surface area contributed by atoms with Gasteiger partial charge in [-0.05, 0) is 6.92 Å². The molecule has 0 unspecified atom stereocenters. The zero-order chi connectivity index (χ0) is 9.71. The molecule has 1 heterocycles. The van der Waals surface area contributed by atoms with Crippen LogP contribution in [0.4, 0.5) is 0 Å². The second-order valence-corrected chi connectivity index (χ2v) is 4.49. The molecule has 3 heteroatoms. The number of carbonyl (C=O) groups excluding carboxylic acids is 1. The first-order valence-electron chi connectivity index (χ1n) is 4.39. The molecule has 68 valence electrons. The number of benzene rings is 1. The summed E-state index contributed by atoms with van der Waals surface area (Å²) in [5.74, 6) is 0.0694. The van der Waals surface area contributed by atoms with E-state index in [2.05, 4.69) is 4.98 Å². The predicted octanol–water partition coefficient (Wildman–Crippen LogP) is 2.66. The van der Waals surface area contributed by atoms with Gasteiger partial charge in [0.05, 0.1) is 9.88 Å². The first kappa shape index (κ1) is 7.88. The van der Waals surface area contributed by atoms with Crippen LogP contribution in [0.3, 0.4) is 0 Å². The molecule has 1 aromatic heterocycles. The molecule has 3 rings (SSSR count). The van der Waals surface area contributed by atoms with Gasteiger partial charge in [-0.15, -0.1) is 11.3 Å². The Labute approximate surface area is 85.2 Å². The first-order valence-corrected chi connectivity index (χ1v) is 5.20. The Bertz CT molecular complexity index is 542. The Hall–Kier alpha value is -1.48. The average molecular weight is 201 g/mol. The number of aryl methyl sites for hydroxylation is 1. The smallest absolute Gasteiger partial charge is 0.213 e. The molecule has 2 aromatic rings. The average Bonchev–Trinajstić information content (AvgIpc) is 2.68. The maximum atomic E-state index is 11.8. The molecule has 0 saturated heterocycles. The molecular formula is C11H7NOS. The summed E-state index contributed by atoms with van der Waals surface area (Å²) in [6, 6.07) is 7.69. The molecule has 1 aliphatic carbocycles. The fourth-order valence-corrected chi connectivity index (χ4v) is 2.73. The van der Waals surface area contributed by atoms with E-state index in [4.69, 9.17) is 0 Å². The van der Waals surface area contributed by atoms with Gasteiger partial charge in [0.2, 0.25) is 5.78 Å². The maximum absolute atomic E-state index is 11.8. The number of thiazole rings is 1. The van der Waals surface area contributed by atoms with Crippen molar-refractivity contribution >= 4 is 17.1 Å². The van der Waals surface area contributed by atoms with Crippen LogP contribution in [-0.4, -0.2) is 10.8 Å². The van der Waals surface area contributed by atoms with Crippen molar-refractivity contribution in [3.8, 4) is 10.4 Å². The van der Waals surface area contributed by atoms with Crippen molar-refractivity contribution in [1.29, 1.82) is 0 Å². The van der Waals surface area contributed by atoms with Gasteiger partial charge in [-0.1, -0.05) is 24.3 Å². The highest BCUT2D eigenvalue weighted by molar-refractivity contribution is 7.15. The normalized spacial score (nSPS) is 12.8. The molecule has 2 nitrogen and oxygen atoms in total. The van der Waals surface area contributed by atoms with E-state index in [1.807, 2.05) is 31.2 Å². The minimum atomic E-state index is 0.0694. The molecule has 0 saturated carbocycles. The number of rotatable bonds is 0. The van der Waals surface area contributed by atoms with Gasteiger partial charge in [0.1, 0.15) is 5.69 Å². The molecule has 0 fully saturated rings. The summed E-state index contributed by atoms with van der Waals surface area (Å²) in [6.07, 6.45) is 0. The van der Waals surface area contributed by atoms with Crippen LogP contribution in [-0.2, 0) is 0 Å². The molecule has 1 aliphatic rings. The lowest BCUT2D eigenvalue weighted by Crippen LogP contribution is -1.96. The first-order chi connectivity index (χ1) is 6.77. The largest absolute Gasteiger partial charge is 0.287 e. The highest BCUT2D eigenvalue weighted by atomic mass is 32.1. The number of hydrogen-bond acceptors (Lipinski definition) is 3. The summed E-state index contributed by atoms with van der Waals surface area (Å²) in [7, 11) is 0. The molecule has 0 atom stereocenters. The van der Waals surface area contributed by atoms with E-state index in [0.717, 1.165) is 21.0 Å². The van der Waals surface area contributed by atoms with E-state index in [9.17, 15) is 4.79 Å². The van der Waals surface area contributed by atoms with Crippen LogP contribution in [0, 0.1) is 6.92 Å². The minimum absolute atomic E-state index is 0.0694. The quantitative estimate of drug-likeness (QED) is 0.559. The minimum Gasteiger partial charge on any atom is -0.287 e. The molecule has 0 spiro atoms. The Morgan fingerprint density at radius 3 is 2.71 bits per heavy atom. The summed E-state index contributed by atoms with van der Waals surface area (Å²) >= 11 is 1.59. The van der Waals surface area contributed by atoms with E-state index in [1.54, 1.807) is 11.3 Å². The number of hydrogen-bond donors (Lipinski definition) is 0. The standard InChI is InChI=1S/C11H7NOS/c1-6-12-9-10(13)7-4-2-3-5-8(7)11(9)14-6/h2-5H,1H3. The highest BCUT2D eigenvalue weighted by Gasteiger charge is 2.29. The monoisotopic (exact) mass is 201 g/mol. The SMILES string of the molecule is Cc1nc2c(s1)-c1ccccc1C2=O. The van der Waals surface area contributed by atoms with Crippen LogP contribution in [0.25, 0.3) is 10.4 Å². The summed E-state index contributed by atoms with van der Waals surface area (Å²) in [5.41, 5.74) is 2.47. The van der Waals surface area contributed by atoms with Crippen LogP contribution in [0.2, 0.25) is 0 Å². The number of aromatic nitrogens is 1. The third-order valence-corrected chi connectivity index (χ3v) is 3.37. The highest BCUT2D eigenvalue weighted by Crippen LogP contribution is 2.39. The molecule has 14 heavy (non-hydrogen) atoms. The van der Waals surface area contributed by atoms with Gasteiger partial charge in [0.15, 0.2) is 0 Å². The van der Waals surface area contributed by atoms with Crippen molar-refractivity contribution in [2.24, 2.45) is 0 Å². The number of nitrogens with zero attached hydrogens (tertiary/aromatic N) is 1. The molecule has 0 aliphatic heterocycles. The van der Waals surface area contributed by atoms with E-state index >= 15 is 0 Å². The number of ketones is 1. The van der Waals surface area contributed by atoms with Gasteiger partial charge in [-0.2, -0.15) is 0 Å². The lowest BCUT2D eigenvalue weighted by molar-refractivity contribution is 0.103. The molecule has 1 aromatic carbocycles. The van der Waals surface area contributed by atoms with E-state index in [0.29, 0.717) is 5.69 Å².